The zero-order valence-electron chi connectivity index (χ0n) is 29.4. The largest absolute Gasteiger partial charge is 0.496 e. The van der Waals surface area contributed by atoms with Gasteiger partial charge in [-0.15, -0.1) is 0 Å². The number of methoxy groups -OCH3 is 1. The van der Waals surface area contributed by atoms with Crippen molar-refractivity contribution in [2.24, 2.45) is 5.73 Å². The number of halogens is 6. The van der Waals surface area contributed by atoms with Gasteiger partial charge in [0.05, 0.1) is 18.1 Å². The molecule has 1 aliphatic heterocycles. The molecule has 55 heavy (non-hydrogen) atoms. The van der Waals surface area contributed by atoms with Gasteiger partial charge in [0, 0.05) is 35.3 Å². The van der Waals surface area contributed by atoms with E-state index in [1.807, 2.05) is 0 Å². The first-order valence-corrected chi connectivity index (χ1v) is 19.2. The van der Waals surface area contributed by atoms with Crippen LogP contribution in [0, 0.1) is 0 Å². The lowest BCUT2D eigenvalue weighted by atomic mass is 9.95. The van der Waals surface area contributed by atoms with E-state index in [-0.39, 0.29) is 43.2 Å². The Morgan fingerprint density at radius 1 is 0.873 bits per heavy atom. The second-order valence-electron chi connectivity index (χ2n) is 13.4. The van der Waals surface area contributed by atoms with Crippen molar-refractivity contribution in [1.29, 1.82) is 0 Å². The molecule has 1 atom stereocenters. The zero-order chi connectivity index (χ0) is 39.7. The highest BCUT2D eigenvalue weighted by atomic mass is 35.5. The molecule has 6 rings (SSSR count). The highest BCUT2D eigenvalue weighted by Gasteiger charge is 2.58. The molecule has 2 aliphatic rings. The Balaban J connectivity index is 1.47. The maximum absolute atomic E-state index is 17.2. The number of hydroxylamine groups is 1. The van der Waals surface area contributed by atoms with Gasteiger partial charge in [-0.25, -0.2) is 13.2 Å². The standard InChI is InChI=1S/C38H37ClF5N3O7S/c1-52-33-22-26(10-15-32(33)23-6-11-27(39)12-7-23)37(40,41)34(35(48)46-18-16-28(45)17-19-46)47(54-36(49)38(42,43)44)55(50,51)31-14-9-24-20-30(13-8-25(24)21-31)53-29-4-2-3-5-29/h6-15,20-22,28-29,34H,2-5,16-19,45H2,1H3/t34-/m0/s1. The van der Waals surface area contributed by atoms with Crippen molar-refractivity contribution in [3.05, 3.63) is 89.4 Å². The topological polar surface area (TPSA) is 128 Å². The fraction of sp³-hybridized carbons (Fsp3) is 0.368. The molecule has 0 bridgehead atoms. The number of benzene rings is 4. The second-order valence-corrected chi connectivity index (χ2v) is 15.7. The quantitative estimate of drug-likeness (QED) is 0.121. The Kier molecular flexibility index (Phi) is 11.6. The van der Waals surface area contributed by atoms with Gasteiger partial charge < -0.3 is 24.9 Å². The summed E-state index contributed by atoms with van der Waals surface area (Å²) in [4.78, 5) is 31.0. The van der Waals surface area contributed by atoms with E-state index in [4.69, 9.17) is 26.8 Å². The molecule has 0 radical (unpaired) electrons. The molecule has 4 aromatic carbocycles. The van der Waals surface area contributed by atoms with Gasteiger partial charge in [-0.2, -0.15) is 22.0 Å². The highest BCUT2D eigenvalue weighted by molar-refractivity contribution is 7.89. The number of fused-ring (bicyclic) bond motifs is 1. The first-order chi connectivity index (χ1) is 26.0. The van der Waals surface area contributed by atoms with Gasteiger partial charge in [0.15, 0.2) is 0 Å². The lowest BCUT2D eigenvalue weighted by Crippen LogP contribution is -2.60. The molecular weight excluding hydrogens is 773 g/mol. The number of alkyl halides is 5. The number of nitrogens with two attached hydrogens (primary N) is 1. The monoisotopic (exact) mass is 809 g/mol. The number of amides is 1. The van der Waals surface area contributed by atoms with E-state index in [1.54, 1.807) is 36.4 Å². The van der Waals surface area contributed by atoms with Crippen molar-refractivity contribution in [3.8, 4) is 22.6 Å². The first kappa shape index (κ1) is 40.2. The minimum absolute atomic E-state index is 0.00867. The number of piperidine rings is 1. The van der Waals surface area contributed by atoms with Crippen molar-refractivity contribution in [2.45, 2.75) is 73.7 Å². The number of hydrogen-bond donors (Lipinski definition) is 1. The maximum atomic E-state index is 17.2. The number of hydrogen-bond acceptors (Lipinski definition) is 8. The number of nitrogens with zero attached hydrogens (tertiary/aromatic N) is 2. The molecule has 2 N–H and O–H groups in total. The predicted molar refractivity (Wildman–Crippen MR) is 193 cm³/mol. The van der Waals surface area contributed by atoms with E-state index >= 15 is 8.78 Å². The van der Waals surface area contributed by atoms with Crippen molar-refractivity contribution < 1.29 is 54.3 Å². The Morgan fingerprint density at radius 3 is 2.15 bits per heavy atom. The minimum Gasteiger partial charge on any atom is -0.496 e. The molecule has 1 amide bonds. The molecule has 0 spiro atoms. The van der Waals surface area contributed by atoms with Crippen molar-refractivity contribution >= 4 is 44.3 Å². The van der Waals surface area contributed by atoms with Crippen LogP contribution in [0.4, 0.5) is 22.0 Å². The lowest BCUT2D eigenvalue weighted by molar-refractivity contribution is -0.239. The van der Waals surface area contributed by atoms with Crippen LogP contribution in [0.3, 0.4) is 0 Å². The van der Waals surface area contributed by atoms with Gasteiger partial charge in [0.1, 0.15) is 11.5 Å². The average molecular weight is 810 g/mol. The third kappa shape index (κ3) is 8.67. The van der Waals surface area contributed by atoms with Crippen LogP contribution in [0.5, 0.6) is 11.5 Å². The van der Waals surface area contributed by atoms with Crippen LogP contribution < -0.4 is 15.2 Å². The molecule has 4 aromatic rings. The SMILES string of the molecule is COc1cc(C(F)(F)[C@H](C(=O)N2CCC(N)CC2)N(OC(=O)C(F)(F)F)S(=O)(=O)c2ccc3cc(OC4CCCC4)ccc3c2)ccc1-c1ccc(Cl)cc1. The van der Waals surface area contributed by atoms with Crippen LogP contribution in [0.2, 0.25) is 5.02 Å². The summed E-state index contributed by atoms with van der Waals surface area (Å²) < 4.78 is 115. The molecule has 10 nitrogen and oxygen atoms in total. The molecule has 294 valence electrons. The van der Waals surface area contributed by atoms with Crippen molar-refractivity contribution in [1.82, 2.24) is 9.37 Å². The van der Waals surface area contributed by atoms with Gasteiger partial charge in [-0.1, -0.05) is 48.0 Å². The van der Waals surface area contributed by atoms with E-state index < -0.39 is 61.0 Å². The molecule has 0 unspecified atom stereocenters. The smallest absolute Gasteiger partial charge is 0.492 e. The van der Waals surface area contributed by atoms with E-state index in [0.717, 1.165) is 54.8 Å². The maximum Gasteiger partial charge on any atom is 0.492 e. The second kappa shape index (κ2) is 15.9. The zero-order valence-corrected chi connectivity index (χ0v) is 31.0. The number of carbonyl (C=O) groups excluding carboxylic acids is 2. The van der Waals surface area contributed by atoms with E-state index in [1.165, 1.54) is 25.3 Å². The minimum atomic E-state index is -5.85. The number of ether oxygens (including phenoxy) is 2. The van der Waals surface area contributed by atoms with Crippen LogP contribution >= 0.6 is 11.6 Å². The number of rotatable bonds is 11. The summed E-state index contributed by atoms with van der Waals surface area (Å²) in [5.74, 6) is -9.06. The van der Waals surface area contributed by atoms with E-state index in [0.29, 0.717) is 27.3 Å². The molecule has 1 saturated carbocycles. The van der Waals surface area contributed by atoms with Crippen molar-refractivity contribution in [2.75, 3.05) is 20.2 Å². The summed E-state index contributed by atoms with van der Waals surface area (Å²) in [6.07, 6.45) is -1.81. The van der Waals surface area contributed by atoms with Crippen LogP contribution in [0.25, 0.3) is 21.9 Å². The Labute approximate surface area is 318 Å². The average Bonchev–Trinajstić information content (AvgIpc) is 3.67. The molecular formula is C38H37ClF5N3O7S. The number of carbonyl (C=O) groups is 2. The number of likely N-dealkylation sites (tertiary alicyclic amines) is 1. The van der Waals surface area contributed by atoms with E-state index in [2.05, 4.69) is 4.84 Å². The van der Waals surface area contributed by atoms with Gasteiger partial charge >= 0.3 is 18.1 Å². The fourth-order valence-electron chi connectivity index (χ4n) is 6.71. The van der Waals surface area contributed by atoms with Gasteiger partial charge in [-0.05, 0) is 102 Å². The molecule has 1 heterocycles. The van der Waals surface area contributed by atoms with Crippen molar-refractivity contribution in [3.63, 3.8) is 0 Å². The lowest BCUT2D eigenvalue weighted by Gasteiger charge is -2.38. The summed E-state index contributed by atoms with van der Waals surface area (Å²) >= 11 is 5.99. The van der Waals surface area contributed by atoms with Gasteiger partial charge in [0.2, 0.25) is 6.04 Å². The fourth-order valence-corrected chi connectivity index (χ4v) is 8.22. The molecule has 17 heteroatoms. The van der Waals surface area contributed by atoms with Crippen LogP contribution in [-0.4, -0.2) is 74.2 Å². The van der Waals surface area contributed by atoms with Crippen LogP contribution in [0.1, 0.15) is 44.1 Å². The summed E-state index contributed by atoms with van der Waals surface area (Å²) in [5.41, 5.74) is 5.72. The normalized spacial score (nSPS) is 16.7. The van der Waals surface area contributed by atoms with Gasteiger partial charge in [-0.3, -0.25) is 4.79 Å². The Morgan fingerprint density at radius 2 is 1.51 bits per heavy atom. The summed E-state index contributed by atoms with van der Waals surface area (Å²) in [5, 5.41) is 1.10. The summed E-state index contributed by atoms with van der Waals surface area (Å²) in [6.45, 7) is -0.457. The van der Waals surface area contributed by atoms with Crippen LogP contribution in [-0.2, 0) is 30.4 Å². The Hall–Kier alpha value is -4.51. The number of sulfonamides is 1. The third-order valence-electron chi connectivity index (χ3n) is 9.71. The first-order valence-electron chi connectivity index (χ1n) is 17.4. The Bertz CT molecular complexity index is 2160. The molecule has 1 saturated heterocycles. The highest BCUT2D eigenvalue weighted by Crippen LogP contribution is 2.43. The molecule has 1 aliphatic carbocycles. The predicted octanol–water partition coefficient (Wildman–Crippen LogP) is 7.61. The summed E-state index contributed by atoms with van der Waals surface area (Å²) in [6, 6.07) is 13.4. The summed E-state index contributed by atoms with van der Waals surface area (Å²) in [7, 11) is -4.49. The van der Waals surface area contributed by atoms with E-state index in [9.17, 15) is 31.2 Å². The third-order valence-corrected chi connectivity index (χ3v) is 11.6. The molecule has 0 aromatic heterocycles. The molecule has 2 fully saturated rings. The van der Waals surface area contributed by atoms with Gasteiger partial charge in [0.25, 0.3) is 15.9 Å². The van der Waals surface area contributed by atoms with Crippen LogP contribution in [0.15, 0.2) is 83.8 Å².